The molecule has 7 nitrogen and oxygen atoms in total. The zero-order valence-electron chi connectivity index (χ0n) is 10.4. The van der Waals surface area contributed by atoms with Crippen molar-refractivity contribution >= 4 is 31.5 Å². The second-order valence-electron chi connectivity index (χ2n) is 4.09. The summed E-state index contributed by atoms with van der Waals surface area (Å²) in [6.45, 7) is 1.47. The van der Waals surface area contributed by atoms with Crippen LogP contribution in [0.5, 0.6) is 0 Å². The predicted octanol–water partition coefficient (Wildman–Crippen LogP) is -0.374. The highest BCUT2D eigenvalue weighted by atomic mass is 32.2. The number of sulfone groups is 1. The first-order valence-corrected chi connectivity index (χ1v) is 8.71. The number of rotatable bonds is 4. The first kappa shape index (κ1) is 15.6. The second-order valence-corrected chi connectivity index (χ2v) is 7.76. The van der Waals surface area contributed by atoms with Gasteiger partial charge in [-0.1, -0.05) is 6.07 Å². The number of carbonyl (C=O) groups is 1. The highest BCUT2D eigenvalue weighted by molar-refractivity contribution is 7.91. The molecular weight excluding hydrogens is 292 g/mol. The van der Waals surface area contributed by atoms with Crippen LogP contribution in [0.1, 0.15) is 5.56 Å². The summed E-state index contributed by atoms with van der Waals surface area (Å²) in [4.78, 5) is 11.3. The zero-order chi connectivity index (χ0) is 14.8. The van der Waals surface area contributed by atoms with Crippen molar-refractivity contribution in [2.75, 3.05) is 17.3 Å². The molecule has 9 heteroatoms. The van der Waals surface area contributed by atoms with Gasteiger partial charge in [0.25, 0.3) is 0 Å². The molecule has 0 unspecified atom stereocenters. The van der Waals surface area contributed by atoms with Gasteiger partial charge in [-0.25, -0.2) is 22.0 Å². The van der Waals surface area contributed by atoms with Crippen LogP contribution in [0.2, 0.25) is 0 Å². The van der Waals surface area contributed by atoms with Gasteiger partial charge in [0.1, 0.15) is 5.75 Å². The number of nitrogens with two attached hydrogens (primary N) is 1. The van der Waals surface area contributed by atoms with Crippen molar-refractivity contribution in [1.29, 1.82) is 0 Å². The third-order valence-electron chi connectivity index (χ3n) is 2.26. The van der Waals surface area contributed by atoms with Crippen LogP contribution in [0, 0.1) is 6.92 Å². The van der Waals surface area contributed by atoms with E-state index in [4.69, 9.17) is 5.14 Å². The molecule has 106 valence electrons. The van der Waals surface area contributed by atoms with E-state index in [1.165, 1.54) is 25.1 Å². The normalized spacial score (nSPS) is 12.2. The molecule has 0 spiro atoms. The van der Waals surface area contributed by atoms with E-state index in [9.17, 15) is 21.6 Å². The average molecular weight is 306 g/mol. The number of benzene rings is 1. The van der Waals surface area contributed by atoms with Gasteiger partial charge in [0.15, 0.2) is 9.84 Å². The van der Waals surface area contributed by atoms with Gasteiger partial charge in [0.05, 0.1) is 4.90 Å². The molecule has 0 aliphatic carbocycles. The summed E-state index contributed by atoms with van der Waals surface area (Å²) in [5.41, 5.74) is 0.465. The van der Waals surface area contributed by atoms with Gasteiger partial charge in [0.2, 0.25) is 15.9 Å². The summed E-state index contributed by atoms with van der Waals surface area (Å²) >= 11 is 0. The van der Waals surface area contributed by atoms with Crippen molar-refractivity contribution in [2.24, 2.45) is 5.14 Å². The Morgan fingerprint density at radius 2 is 1.84 bits per heavy atom. The molecule has 0 saturated heterocycles. The molecule has 1 aromatic rings. The van der Waals surface area contributed by atoms with Gasteiger partial charge in [-0.05, 0) is 24.6 Å². The van der Waals surface area contributed by atoms with E-state index in [0.29, 0.717) is 0 Å². The molecule has 0 atom stereocenters. The van der Waals surface area contributed by atoms with Crippen LogP contribution in [0.15, 0.2) is 23.1 Å². The van der Waals surface area contributed by atoms with Crippen LogP contribution < -0.4 is 10.5 Å². The lowest BCUT2D eigenvalue weighted by Crippen LogP contribution is -2.23. The Labute approximate surface area is 111 Å². The molecule has 0 fully saturated rings. The van der Waals surface area contributed by atoms with Crippen molar-refractivity contribution < 1.29 is 21.6 Å². The Balaban J connectivity index is 3.08. The number of sulfonamides is 1. The molecule has 1 rings (SSSR count). The lowest BCUT2D eigenvalue weighted by Gasteiger charge is -2.10. The van der Waals surface area contributed by atoms with E-state index in [1.54, 1.807) is 0 Å². The zero-order valence-corrected chi connectivity index (χ0v) is 12.0. The number of anilines is 1. The molecule has 0 aliphatic rings. The maximum Gasteiger partial charge on any atom is 0.239 e. The fraction of sp³-hybridized carbons (Fsp3) is 0.300. The van der Waals surface area contributed by atoms with Gasteiger partial charge in [0, 0.05) is 11.9 Å². The van der Waals surface area contributed by atoms with E-state index in [1.807, 2.05) is 0 Å². The van der Waals surface area contributed by atoms with E-state index < -0.39 is 31.5 Å². The first-order valence-electron chi connectivity index (χ1n) is 5.11. The van der Waals surface area contributed by atoms with Gasteiger partial charge >= 0.3 is 0 Å². The molecule has 0 aromatic heterocycles. The number of hydrogen-bond donors (Lipinski definition) is 2. The highest BCUT2D eigenvalue weighted by Gasteiger charge is 2.16. The molecule has 0 bridgehead atoms. The van der Waals surface area contributed by atoms with Gasteiger partial charge in [-0.3, -0.25) is 4.79 Å². The van der Waals surface area contributed by atoms with E-state index in [0.717, 1.165) is 6.26 Å². The molecular formula is C10H14N2O5S2. The fourth-order valence-electron chi connectivity index (χ4n) is 1.48. The topological polar surface area (TPSA) is 123 Å². The maximum absolute atomic E-state index is 11.5. The minimum absolute atomic E-state index is 0.121. The van der Waals surface area contributed by atoms with Crippen LogP contribution in [0.4, 0.5) is 5.69 Å². The molecule has 3 N–H and O–H groups in total. The third-order valence-corrected chi connectivity index (χ3v) is 4.10. The Morgan fingerprint density at radius 3 is 2.32 bits per heavy atom. The Kier molecular flexibility index (Phi) is 4.33. The van der Waals surface area contributed by atoms with Crippen LogP contribution in [0.3, 0.4) is 0 Å². The predicted molar refractivity (Wildman–Crippen MR) is 70.9 cm³/mol. The second kappa shape index (κ2) is 5.27. The lowest BCUT2D eigenvalue weighted by molar-refractivity contribution is -0.113. The summed E-state index contributed by atoms with van der Waals surface area (Å²) in [5.74, 6) is -1.41. The third kappa shape index (κ3) is 4.62. The summed E-state index contributed by atoms with van der Waals surface area (Å²) in [7, 11) is -7.35. The molecule has 0 radical (unpaired) electrons. The van der Waals surface area contributed by atoms with Crippen LogP contribution >= 0.6 is 0 Å². The van der Waals surface area contributed by atoms with E-state index in [2.05, 4.69) is 5.32 Å². The molecule has 0 aliphatic heterocycles. The van der Waals surface area contributed by atoms with Crippen LogP contribution in [0.25, 0.3) is 0 Å². The summed E-state index contributed by atoms with van der Waals surface area (Å²) in [6, 6.07) is 4.17. The highest BCUT2D eigenvalue weighted by Crippen LogP contribution is 2.21. The standard InChI is InChI=1S/C10H14N2O5S2/c1-7-8(12-10(13)6-18(2,14)15)4-3-5-9(7)19(11,16)17/h3-5H,6H2,1-2H3,(H,12,13)(H2,11,16,17). The minimum Gasteiger partial charge on any atom is -0.325 e. The molecule has 0 saturated carbocycles. The summed E-state index contributed by atoms with van der Waals surface area (Å²) < 4.78 is 44.5. The molecule has 0 heterocycles. The lowest BCUT2D eigenvalue weighted by atomic mass is 10.2. The molecule has 1 aromatic carbocycles. The Bertz CT molecular complexity index is 707. The average Bonchev–Trinajstić information content (AvgIpc) is 2.16. The van der Waals surface area contributed by atoms with E-state index >= 15 is 0 Å². The minimum atomic E-state index is -3.90. The van der Waals surface area contributed by atoms with Gasteiger partial charge in [-0.2, -0.15) is 0 Å². The Morgan fingerprint density at radius 1 is 1.26 bits per heavy atom. The largest absolute Gasteiger partial charge is 0.325 e. The van der Waals surface area contributed by atoms with Crippen molar-refractivity contribution in [3.05, 3.63) is 23.8 Å². The number of primary sulfonamides is 1. The monoisotopic (exact) mass is 306 g/mol. The van der Waals surface area contributed by atoms with Crippen LogP contribution in [-0.4, -0.2) is 34.8 Å². The fourth-order valence-corrected chi connectivity index (χ4v) is 2.84. The van der Waals surface area contributed by atoms with Gasteiger partial charge in [-0.15, -0.1) is 0 Å². The van der Waals surface area contributed by atoms with Gasteiger partial charge < -0.3 is 5.32 Å². The van der Waals surface area contributed by atoms with Crippen molar-refractivity contribution in [1.82, 2.24) is 0 Å². The summed E-state index contributed by atoms with van der Waals surface area (Å²) in [5, 5.41) is 7.36. The first-order chi connectivity index (χ1) is 8.50. The van der Waals surface area contributed by atoms with Crippen molar-refractivity contribution in [3.63, 3.8) is 0 Å². The maximum atomic E-state index is 11.5. The Hall–Kier alpha value is -1.45. The smallest absolute Gasteiger partial charge is 0.239 e. The number of nitrogens with one attached hydrogen (secondary N) is 1. The summed E-state index contributed by atoms with van der Waals surface area (Å²) in [6.07, 6.45) is 0.931. The quantitative estimate of drug-likeness (QED) is 0.785. The number of hydrogen-bond acceptors (Lipinski definition) is 5. The van der Waals surface area contributed by atoms with Crippen molar-refractivity contribution in [3.8, 4) is 0 Å². The molecule has 1 amide bonds. The van der Waals surface area contributed by atoms with E-state index in [-0.39, 0.29) is 16.1 Å². The molecule has 19 heavy (non-hydrogen) atoms. The SMILES string of the molecule is Cc1c(NC(=O)CS(C)(=O)=O)cccc1S(N)(=O)=O. The number of carbonyl (C=O) groups excluding carboxylic acids is 1. The van der Waals surface area contributed by atoms with Crippen molar-refractivity contribution in [2.45, 2.75) is 11.8 Å². The van der Waals surface area contributed by atoms with Crippen LogP contribution in [-0.2, 0) is 24.7 Å². The number of amides is 1.